The molecule has 8 nitrogen and oxygen atoms in total. The number of nitro benzene ring substituents is 1. The number of nitrogens with zero attached hydrogens (tertiary/aromatic N) is 2. The number of rotatable bonds is 4. The van der Waals surface area contributed by atoms with E-state index in [9.17, 15) is 29.9 Å². The zero-order valence-electron chi connectivity index (χ0n) is 17.9. The maximum absolute atomic E-state index is 13.2. The molecule has 0 radical (unpaired) electrons. The van der Waals surface area contributed by atoms with Crippen molar-refractivity contribution in [3.8, 4) is 5.75 Å². The summed E-state index contributed by atoms with van der Waals surface area (Å²) in [5, 5.41) is 32.0. The molecule has 0 bridgehead atoms. The van der Waals surface area contributed by atoms with Crippen molar-refractivity contribution in [3.63, 3.8) is 0 Å². The van der Waals surface area contributed by atoms with Gasteiger partial charge in [-0.15, -0.1) is 0 Å². The molecule has 3 aromatic carbocycles. The number of non-ortho nitro benzene ring substituents is 1. The van der Waals surface area contributed by atoms with E-state index in [1.807, 2.05) is 19.9 Å². The number of benzene rings is 3. The van der Waals surface area contributed by atoms with E-state index in [0.29, 0.717) is 11.3 Å². The third-order valence-electron chi connectivity index (χ3n) is 5.47. The monoisotopic (exact) mass is 444 g/mol. The number of amides is 1. The average Bonchev–Trinajstić information content (AvgIpc) is 3.04. The van der Waals surface area contributed by atoms with E-state index in [4.69, 9.17) is 0 Å². The summed E-state index contributed by atoms with van der Waals surface area (Å²) in [5.41, 5.74) is 2.33. The fraction of sp³-hybridized carbons (Fsp3) is 0.120. The second-order valence-electron chi connectivity index (χ2n) is 7.91. The molecule has 33 heavy (non-hydrogen) atoms. The van der Waals surface area contributed by atoms with Crippen LogP contribution in [0.5, 0.6) is 5.75 Å². The number of ketones is 1. The Balaban J connectivity index is 1.97. The Morgan fingerprint density at radius 2 is 1.61 bits per heavy atom. The van der Waals surface area contributed by atoms with E-state index >= 15 is 0 Å². The molecule has 0 aromatic heterocycles. The van der Waals surface area contributed by atoms with Gasteiger partial charge in [0.15, 0.2) is 0 Å². The number of anilines is 1. The first-order valence-electron chi connectivity index (χ1n) is 10.1. The molecule has 0 spiro atoms. The number of aliphatic hydroxyl groups is 1. The van der Waals surface area contributed by atoms with Gasteiger partial charge in [0, 0.05) is 23.4 Å². The van der Waals surface area contributed by atoms with E-state index in [2.05, 4.69) is 0 Å². The van der Waals surface area contributed by atoms with Gasteiger partial charge in [0.25, 0.3) is 17.4 Å². The van der Waals surface area contributed by atoms with Crippen molar-refractivity contribution in [2.75, 3.05) is 4.90 Å². The predicted octanol–water partition coefficient (Wildman–Crippen LogP) is 4.54. The molecule has 1 aliphatic rings. The molecule has 0 saturated carbocycles. The summed E-state index contributed by atoms with van der Waals surface area (Å²) in [6, 6.07) is 15.7. The van der Waals surface area contributed by atoms with Crippen LogP contribution in [0.2, 0.25) is 0 Å². The van der Waals surface area contributed by atoms with E-state index in [1.165, 1.54) is 35.2 Å². The normalized spacial score (nSPS) is 17.4. The van der Waals surface area contributed by atoms with E-state index in [1.54, 1.807) is 24.3 Å². The van der Waals surface area contributed by atoms with Crippen LogP contribution in [-0.2, 0) is 9.59 Å². The Kier molecular flexibility index (Phi) is 5.43. The summed E-state index contributed by atoms with van der Waals surface area (Å²) in [5.74, 6) is -2.25. The van der Waals surface area contributed by atoms with E-state index < -0.39 is 28.4 Å². The van der Waals surface area contributed by atoms with Gasteiger partial charge in [-0.05, 0) is 54.8 Å². The summed E-state index contributed by atoms with van der Waals surface area (Å²) in [7, 11) is 0. The van der Waals surface area contributed by atoms with Gasteiger partial charge in [-0.3, -0.25) is 24.6 Å². The number of aliphatic hydroxyl groups excluding tert-OH is 1. The molecular formula is C25H20N2O6. The van der Waals surface area contributed by atoms with E-state index in [0.717, 1.165) is 17.2 Å². The average molecular weight is 444 g/mol. The molecule has 1 amide bonds. The first-order chi connectivity index (χ1) is 15.7. The zero-order chi connectivity index (χ0) is 23.9. The summed E-state index contributed by atoms with van der Waals surface area (Å²) in [6.45, 7) is 3.73. The Labute approximate surface area is 189 Å². The third-order valence-corrected chi connectivity index (χ3v) is 5.47. The molecule has 1 aliphatic heterocycles. The fourth-order valence-corrected chi connectivity index (χ4v) is 4.08. The first kappa shape index (κ1) is 21.8. The van der Waals surface area contributed by atoms with Gasteiger partial charge < -0.3 is 10.2 Å². The predicted molar refractivity (Wildman–Crippen MR) is 122 cm³/mol. The van der Waals surface area contributed by atoms with Crippen LogP contribution in [0, 0.1) is 24.0 Å². The molecule has 0 aliphatic carbocycles. The molecule has 1 fully saturated rings. The van der Waals surface area contributed by atoms with Crippen molar-refractivity contribution >= 4 is 28.8 Å². The van der Waals surface area contributed by atoms with Crippen LogP contribution in [0.4, 0.5) is 11.4 Å². The number of phenolic OH excluding ortho intramolecular Hbond substituents is 1. The minimum atomic E-state index is -0.994. The standard InChI is InChI=1S/C25H20N2O6/c1-14-10-15(2)12-19(11-14)26-22(16-6-8-20(28)9-7-16)21(24(30)25(26)31)23(29)17-4-3-5-18(13-17)27(32)33/h3-13,22,28-29H,1-2H3/b23-21-. The molecule has 8 heteroatoms. The Morgan fingerprint density at radius 3 is 2.21 bits per heavy atom. The Morgan fingerprint density at radius 1 is 0.970 bits per heavy atom. The number of hydrogen-bond acceptors (Lipinski definition) is 6. The highest BCUT2D eigenvalue weighted by Gasteiger charge is 2.47. The minimum absolute atomic E-state index is 0.000727. The van der Waals surface area contributed by atoms with Gasteiger partial charge >= 0.3 is 0 Å². The minimum Gasteiger partial charge on any atom is -0.508 e. The molecule has 1 saturated heterocycles. The van der Waals surface area contributed by atoms with Gasteiger partial charge in [-0.1, -0.05) is 30.3 Å². The lowest BCUT2D eigenvalue weighted by Crippen LogP contribution is -2.29. The van der Waals surface area contributed by atoms with Gasteiger partial charge in [0.2, 0.25) is 0 Å². The maximum atomic E-state index is 13.2. The fourth-order valence-electron chi connectivity index (χ4n) is 4.08. The lowest BCUT2D eigenvalue weighted by molar-refractivity contribution is -0.384. The number of hydrogen-bond donors (Lipinski definition) is 2. The van der Waals surface area contributed by atoms with Crippen molar-refractivity contribution in [1.29, 1.82) is 0 Å². The van der Waals surface area contributed by atoms with Crippen molar-refractivity contribution in [2.45, 2.75) is 19.9 Å². The molecule has 166 valence electrons. The molecule has 1 heterocycles. The quantitative estimate of drug-likeness (QED) is 0.200. The second kappa shape index (κ2) is 8.23. The van der Waals surface area contributed by atoms with Gasteiger partial charge in [0.05, 0.1) is 16.5 Å². The van der Waals surface area contributed by atoms with Gasteiger partial charge in [-0.2, -0.15) is 0 Å². The van der Waals surface area contributed by atoms with Crippen LogP contribution >= 0.6 is 0 Å². The smallest absolute Gasteiger partial charge is 0.300 e. The number of Topliss-reactive ketones (excluding diaryl/α,β-unsaturated/α-hetero) is 1. The molecule has 2 N–H and O–H groups in total. The third kappa shape index (κ3) is 3.94. The van der Waals surface area contributed by atoms with Crippen molar-refractivity contribution in [2.24, 2.45) is 0 Å². The van der Waals surface area contributed by atoms with Gasteiger partial charge in [0.1, 0.15) is 11.5 Å². The summed E-state index contributed by atoms with van der Waals surface area (Å²) < 4.78 is 0. The van der Waals surface area contributed by atoms with Crippen LogP contribution in [0.1, 0.15) is 28.3 Å². The van der Waals surface area contributed by atoms with Crippen LogP contribution in [0.25, 0.3) is 5.76 Å². The molecule has 4 rings (SSSR count). The first-order valence-corrected chi connectivity index (χ1v) is 10.1. The van der Waals surface area contributed by atoms with Crippen LogP contribution in [0.15, 0.2) is 72.3 Å². The van der Waals surface area contributed by atoms with E-state index in [-0.39, 0.29) is 22.6 Å². The maximum Gasteiger partial charge on any atom is 0.300 e. The molecule has 1 atom stereocenters. The highest BCUT2D eigenvalue weighted by atomic mass is 16.6. The largest absolute Gasteiger partial charge is 0.508 e. The summed E-state index contributed by atoms with van der Waals surface area (Å²) in [6.07, 6.45) is 0. The lowest BCUT2D eigenvalue weighted by atomic mass is 9.94. The van der Waals surface area contributed by atoms with Crippen molar-refractivity contribution in [1.82, 2.24) is 0 Å². The molecule has 3 aromatic rings. The number of carbonyl (C=O) groups is 2. The molecular weight excluding hydrogens is 424 g/mol. The highest BCUT2D eigenvalue weighted by molar-refractivity contribution is 6.51. The highest BCUT2D eigenvalue weighted by Crippen LogP contribution is 2.43. The Bertz CT molecular complexity index is 1310. The second-order valence-corrected chi connectivity index (χ2v) is 7.91. The molecule has 1 unspecified atom stereocenters. The zero-order valence-corrected chi connectivity index (χ0v) is 17.9. The number of carbonyl (C=O) groups excluding carboxylic acids is 2. The van der Waals surface area contributed by atoms with Crippen molar-refractivity contribution < 1.29 is 24.7 Å². The number of aryl methyl sites for hydroxylation is 2. The number of phenols is 1. The Hall–Kier alpha value is -4.46. The summed E-state index contributed by atoms with van der Waals surface area (Å²) >= 11 is 0. The van der Waals surface area contributed by atoms with Crippen LogP contribution in [-0.4, -0.2) is 26.8 Å². The van der Waals surface area contributed by atoms with Crippen LogP contribution < -0.4 is 4.90 Å². The van der Waals surface area contributed by atoms with Crippen molar-refractivity contribution in [3.05, 3.63) is 105 Å². The summed E-state index contributed by atoms with van der Waals surface area (Å²) in [4.78, 5) is 38.2. The van der Waals surface area contributed by atoms with Gasteiger partial charge in [-0.25, -0.2) is 0 Å². The number of aromatic hydroxyl groups is 1. The number of nitro groups is 1. The topological polar surface area (TPSA) is 121 Å². The SMILES string of the molecule is Cc1cc(C)cc(N2C(=O)C(=O)/C(=C(\O)c3cccc([N+](=O)[O-])c3)C2c2ccc(O)cc2)c1. The van der Waals surface area contributed by atoms with Crippen LogP contribution in [0.3, 0.4) is 0 Å². The lowest BCUT2D eigenvalue weighted by Gasteiger charge is -2.26.